The van der Waals surface area contributed by atoms with Gasteiger partial charge in [0.15, 0.2) is 0 Å². The highest BCUT2D eigenvalue weighted by Gasteiger charge is 2.39. The van der Waals surface area contributed by atoms with Crippen LogP contribution in [0.25, 0.3) is 0 Å². The molecule has 1 amide bonds. The van der Waals surface area contributed by atoms with Crippen molar-refractivity contribution in [1.29, 1.82) is 0 Å². The molecule has 0 saturated carbocycles. The molecule has 2 aromatic heterocycles. The third-order valence-electron chi connectivity index (χ3n) is 8.50. The lowest BCUT2D eigenvalue weighted by Crippen LogP contribution is -2.46. The Labute approximate surface area is 288 Å². The van der Waals surface area contributed by atoms with Gasteiger partial charge in [0.25, 0.3) is 0 Å². The molecule has 0 aliphatic carbocycles. The summed E-state index contributed by atoms with van der Waals surface area (Å²) in [6, 6.07) is 3.61. The van der Waals surface area contributed by atoms with Crippen LogP contribution in [0.2, 0.25) is 0 Å². The van der Waals surface area contributed by atoms with E-state index < -0.39 is 47.6 Å². The fourth-order valence-electron chi connectivity index (χ4n) is 6.03. The van der Waals surface area contributed by atoms with Crippen LogP contribution in [0.4, 0.5) is 48.5 Å². The Morgan fingerprint density at radius 2 is 1.71 bits per heavy atom. The number of methoxy groups -OCH3 is 1. The molecule has 51 heavy (non-hydrogen) atoms. The predicted molar refractivity (Wildman–Crippen MR) is 171 cm³/mol. The molecule has 1 aromatic carbocycles. The van der Waals surface area contributed by atoms with E-state index in [-0.39, 0.29) is 61.4 Å². The van der Waals surface area contributed by atoms with Gasteiger partial charge in [-0.1, -0.05) is 6.92 Å². The van der Waals surface area contributed by atoms with Crippen molar-refractivity contribution in [3.63, 3.8) is 0 Å². The van der Waals surface area contributed by atoms with E-state index in [0.29, 0.717) is 61.9 Å². The van der Waals surface area contributed by atoms with Crippen molar-refractivity contribution in [2.45, 2.75) is 63.5 Å². The molecular formula is C33H36F6N6O6. The average molecular weight is 727 g/mol. The van der Waals surface area contributed by atoms with Crippen LogP contribution in [0.1, 0.15) is 66.7 Å². The van der Waals surface area contributed by atoms with Crippen LogP contribution in [0.5, 0.6) is 5.88 Å². The van der Waals surface area contributed by atoms with Crippen molar-refractivity contribution >= 4 is 29.4 Å². The van der Waals surface area contributed by atoms with E-state index in [4.69, 9.17) is 19.3 Å². The molecule has 2 atom stereocenters. The second kappa shape index (κ2) is 15.6. The summed E-state index contributed by atoms with van der Waals surface area (Å²) in [5.41, 5.74) is -1.71. The van der Waals surface area contributed by atoms with Crippen LogP contribution >= 0.6 is 0 Å². The number of morpholine rings is 1. The van der Waals surface area contributed by atoms with Crippen molar-refractivity contribution in [1.82, 2.24) is 15.0 Å². The summed E-state index contributed by atoms with van der Waals surface area (Å²) in [6.07, 6.45) is -8.91. The van der Waals surface area contributed by atoms with Crippen LogP contribution in [0.15, 0.2) is 36.5 Å². The minimum Gasteiger partial charge on any atom is -0.481 e. The average Bonchev–Trinajstić information content (AvgIpc) is 3.09. The summed E-state index contributed by atoms with van der Waals surface area (Å²) in [6.45, 7) is 3.26. The molecule has 12 nitrogen and oxygen atoms in total. The van der Waals surface area contributed by atoms with E-state index in [1.54, 1.807) is 12.1 Å². The molecule has 1 fully saturated rings. The van der Waals surface area contributed by atoms with Crippen LogP contribution in [-0.2, 0) is 33.0 Å². The largest absolute Gasteiger partial charge is 0.481 e. The number of aromatic nitrogens is 3. The Morgan fingerprint density at radius 1 is 1.02 bits per heavy atom. The molecule has 0 unspecified atom stereocenters. The quantitative estimate of drug-likeness (QED) is 0.166. The molecule has 2 N–H and O–H groups in total. The first-order valence-corrected chi connectivity index (χ1v) is 16.1. The number of carbonyl (C=O) groups excluding carboxylic acids is 1. The van der Waals surface area contributed by atoms with E-state index in [2.05, 4.69) is 20.3 Å². The van der Waals surface area contributed by atoms with Gasteiger partial charge < -0.3 is 29.5 Å². The number of hydrogen-bond acceptors (Lipinski definition) is 10. The maximum atomic E-state index is 13.7. The number of nitrogens with zero attached hydrogens (tertiary/aromatic N) is 5. The van der Waals surface area contributed by atoms with Crippen LogP contribution in [0, 0.1) is 0 Å². The van der Waals surface area contributed by atoms with Gasteiger partial charge in [-0.05, 0) is 49.1 Å². The number of nitrogens with one attached hydrogen (secondary N) is 1. The molecule has 5 rings (SSSR count). The van der Waals surface area contributed by atoms with Crippen molar-refractivity contribution in [3.8, 4) is 5.88 Å². The number of ether oxygens (including phenoxy) is 3. The van der Waals surface area contributed by atoms with Gasteiger partial charge in [-0.25, -0.2) is 19.7 Å². The molecule has 0 radical (unpaired) electrons. The second-order valence-corrected chi connectivity index (χ2v) is 12.0. The molecule has 2 aliphatic heterocycles. The Morgan fingerprint density at radius 3 is 2.31 bits per heavy atom. The van der Waals surface area contributed by atoms with E-state index in [1.165, 1.54) is 18.2 Å². The maximum absolute atomic E-state index is 13.7. The van der Waals surface area contributed by atoms with Gasteiger partial charge in [0.2, 0.25) is 11.8 Å². The number of benzene rings is 1. The smallest absolute Gasteiger partial charge is 0.416 e. The summed E-state index contributed by atoms with van der Waals surface area (Å²) in [4.78, 5) is 41.1. The molecule has 18 heteroatoms. The first-order chi connectivity index (χ1) is 24.2. The monoisotopic (exact) mass is 726 g/mol. The number of fused-ring (bicyclic) bond motifs is 1. The number of carboxylic acids is 1. The molecule has 3 aromatic rings. The van der Waals surface area contributed by atoms with Gasteiger partial charge in [0, 0.05) is 38.0 Å². The van der Waals surface area contributed by atoms with Gasteiger partial charge in [-0.15, -0.1) is 0 Å². The van der Waals surface area contributed by atoms with Gasteiger partial charge in [0.1, 0.15) is 0 Å². The minimum atomic E-state index is -5.02. The molecule has 276 valence electrons. The molecular weight excluding hydrogens is 690 g/mol. The Kier molecular flexibility index (Phi) is 11.4. The van der Waals surface area contributed by atoms with Crippen molar-refractivity contribution < 1.29 is 55.2 Å². The Bertz CT molecular complexity index is 1690. The molecule has 0 bridgehead atoms. The van der Waals surface area contributed by atoms with Crippen molar-refractivity contribution in [2.24, 2.45) is 0 Å². The number of hydrogen-bond donors (Lipinski definition) is 2. The minimum absolute atomic E-state index is 0.0325. The third-order valence-corrected chi connectivity index (χ3v) is 8.50. The van der Waals surface area contributed by atoms with Gasteiger partial charge >= 0.3 is 24.4 Å². The topological polar surface area (TPSA) is 139 Å². The summed E-state index contributed by atoms with van der Waals surface area (Å²) in [5, 5.41) is 12.1. The highest BCUT2D eigenvalue weighted by atomic mass is 19.4. The number of amides is 1. The number of alkyl halides is 6. The Hall–Kier alpha value is -4.87. The van der Waals surface area contributed by atoms with E-state index >= 15 is 0 Å². The fourth-order valence-corrected chi connectivity index (χ4v) is 6.03. The van der Waals surface area contributed by atoms with Gasteiger partial charge in [-0.3, -0.25) is 9.69 Å². The highest BCUT2D eigenvalue weighted by Crippen LogP contribution is 2.41. The normalized spacial score (nSPS) is 17.9. The SMILES string of the molecule is CC[C@@H]1C[C@H](Nc2ncc(N3CCOCC3)c(Cc3cc(C(F)(F)F)cc(C(F)(F)F)c3)n2)c2nc(OC)ccc2N1C(=O)OCCCC(=O)O. The number of carboxylic acid groups (broad SMARTS) is 1. The zero-order chi connectivity index (χ0) is 36.9. The highest BCUT2D eigenvalue weighted by molar-refractivity contribution is 5.90. The summed E-state index contributed by atoms with van der Waals surface area (Å²) in [7, 11) is 1.42. The van der Waals surface area contributed by atoms with E-state index in [0.717, 1.165) is 0 Å². The number of halogens is 6. The summed E-state index contributed by atoms with van der Waals surface area (Å²) >= 11 is 0. The number of aliphatic carboxylic acids is 1. The van der Waals surface area contributed by atoms with Crippen molar-refractivity contribution in [3.05, 3.63) is 64.6 Å². The van der Waals surface area contributed by atoms with Crippen LogP contribution in [-0.4, -0.2) is 78.2 Å². The lowest BCUT2D eigenvalue weighted by Gasteiger charge is -2.39. The van der Waals surface area contributed by atoms with E-state index in [9.17, 15) is 35.9 Å². The standard InChI is InChI=1S/C33H36F6N6O6/c1-3-22-17-24(29-25(6-7-27(43-29)49-2)45(22)31(48)51-10-4-5-28(46)47)42-30-40-18-26(44-8-11-50-12-9-44)23(41-30)15-19-13-20(32(34,35)36)16-21(14-19)33(37,38)39/h6-7,13-14,16,18,22,24H,3-5,8-12,15,17H2,1-2H3,(H,46,47)(H,40,41,42)/t22-,24+/m1/s1. The molecule has 2 aliphatic rings. The zero-order valence-electron chi connectivity index (χ0n) is 27.7. The van der Waals surface area contributed by atoms with E-state index in [1.807, 2.05) is 11.8 Å². The predicted octanol–water partition coefficient (Wildman–Crippen LogP) is 6.49. The lowest BCUT2D eigenvalue weighted by molar-refractivity contribution is -0.143. The number of carbonyl (C=O) groups is 2. The number of rotatable bonds is 11. The van der Waals surface area contributed by atoms with Crippen LogP contribution in [0.3, 0.4) is 0 Å². The fraction of sp³-hybridized carbons (Fsp3) is 0.485. The summed E-state index contributed by atoms with van der Waals surface area (Å²) < 4.78 is 98.3. The lowest BCUT2D eigenvalue weighted by atomic mass is 9.93. The zero-order valence-corrected chi connectivity index (χ0v) is 27.7. The Balaban J connectivity index is 1.50. The third kappa shape index (κ3) is 9.08. The van der Waals surface area contributed by atoms with Gasteiger partial charge in [-0.2, -0.15) is 26.3 Å². The molecule has 1 saturated heterocycles. The van der Waals surface area contributed by atoms with Gasteiger partial charge in [0.05, 0.1) is 73.1 Å². The first-order valence-electron chi connectivity index (χ1n) is 16.1. The summed E-state index contributed by atoms with van der Waals surface area (Å²) in [5.74, 6) is -0.750. The van der Waals surface area contributed by atoms with Crippen molar-refractivity contribution in [2.75, 3.05) is 55.1 Å². The maximum Gasteiger partial charge on any atom is 0.416 e. The first kappa shape index (κ1) is 37.4. The second-order valence-electron chi connectivity index (χ2n) is 12.0. The molecule has 0 spiro atoms. The van der Waals surface area contributed by atoms with Crippen LogP contribution < -0.4 is 19.9 Å². The molecule has 4 heterocycles. The number of pyridine rings is 1. The number of anilines is 3.